The lowest BCUT2D eigenvalue weighted by Crippen LogP contribution is -2.15. The zero-order valence-corrected chi connectivity index (χ0v) is 10.9. The first kappa shape index (κ1) is 14.7. The van der Waals surface area contributed by atoms with Gasteiger partial charge in [-0.05, 0) is 13.0 Å². The van der Waals surface area contributed by atoms with E-state index in [1.165, 1.54) is 20.1 Å². The van der Waals surface area contributed by atoms with Crippen LogP contribution in [0.15, 0.2) is 15.3 Å². The molecule has 0 radical (unpaired) electrons. The zero-order chi connectivity index (χ0) is 14.4. The fraction of sp³-hybridized carbons (Fsp3) is 0.308. The van der Waals surface area contributed by atoms with Crippen LogP contribution in [-0.2, 0) is 16.1 Å². The molecular weight excluding hydrogens is 252 g/mol. The van der Waals surface area contributed by atoms with E-state index < -0.39 is 11.6 Å². The van der Waals surface area contributed by atoms with Crippen molar-refractivity contribution < 1.29 is 23.5 Å². The van der Waals surface area contributed by atoms with Gasteiger partial charge in [0.2, 0.25) is 0 Å². The van der Waals surface area contributed by atoms with E-state index in [-0.39, 0.29) is 29.2 Å². The molecule has 0 atom stereocenters. The Kier molecular flexibility index (Phi) is 5.05. The minimum absolute atomic E-state index is 0.00643. The van der Waals surface area contributed by atoms with Crippen LogP contribution in [0.4, 0.5) is 0 Å². The first-order chi connectivity index (χ1) is 9.04. The van der Waals surface area contributed by atoms with Gasteiger partial charge >= 0.3 is 11.6 Å². The van der Waals surface area contributed by atoms with Crippen LogP contribution in [0.25, 0.3) is 6.08 Å². The van der Waals surface area contributed by atoms with Gasteiger partial charge in [-0.1, -0.05) is 6.08 Å². The van der Waals surface area contributed by atoms with Crippen molar-refractivity contribution in [3.8, 4) is 5.75 Å². The maximum Gasteiger partial charge on any atom is 0.346 e. The molecule has 0 saturated heterocycles. The zero-order valence-electron chi connectivity index (χ0n) is 10.9. The smallest absolute Gasteiger partial charge is 0.346 e. The predicted octanol–water partition coefficient (Wildman–Crippen LogP) is 1.56. The number of aldehydes is 1. The largest absolute Gasteiger partial charge is 0.495 e. The molecule has 0 bridgehead atoms. The second-order valence-corrected chi connectivity index (χ2v) is 3.58. The van der Waals surface area contributed by atoms with Gasteiger partial charge in [-0.25, -0.2) is 4.79 Å². The Bertz CT molecular complexity index is 567. The van der Waals surface area contributed by atoms with Crippen LogP contribution < -0.4 is 10.4 Å². The van der Waals surface area contributed by atoms with Crippen molar-refractivity contribution in [2.75, 3.05) is 7.11 Å². The lowest BCUT2D eigenvalue weighted by molar-refractivity contribution is -0.142. The topological polar surface area (TPSA) is 82.8 Å². The van der Waals surface area contributed by atoms with Crippen LogP contribution in [0.3, 0.4) is 0 Å². The van der Waals surface area contributed by atoms with E-state index in [1.54, 1.807) is 13.0 Å². The monoisotopic (exact) mass is 266 g/mol. The maximum atomic E-state index is 11.8. The Balaban J connectivity index is 3.43. The van der Waals surface area contributed by atoms with Crippen LogP contribution in [0.5, 0.6) is 5.75 Å². The molecule has 102 valence electrons. The molecule has 0 aliphatic rings. The Hall–Kier alpha value is -2.37. The van der Waals surface area contributed by atoms with Crippen LogP contribution in [0, 0.1) is 0 Å². The summed E-state index contributed by atoms with van der Waals surface area (Å²) in [5, 5.41) is 0. The van der Waals surface area contributed by atoms with Gasteiger partial charge in [0.25, 0.3) is 0 Å². The molecule has 1 aromatic rings. The molecule has 1 rings (SSSR count). The summed E-state index contributed by atoms with van der Waals surface area (Å²) in [4.78, 5) is 33.7. The Labute approximate surface area is 109 Å². The van der Waals surface area contributed by atoms with Crippen LogP contribution >= 0.6 is 0 Å². The highest BCUT2D eigenvalue weighted by Crippen LogP contribution is 2.24. The number of carbonyl (C=O) groups is 2. The summed E-state index contributed by atoms with van der Waals surface area (Å²) >= 11 is 0. The van der Waals surface area contributed by atoms with E-state index in [9.17, 15) is 14.4 Å². The SMILES string of the molecule is CC=Cc1oc(=O)c(COC(C)=O)c(OC)c1C=O. The molecule has 0 aliphatic heterocycles. The van der Waals surface area contributed by atoms with E-state index in [2.05, 4.69) is 0 Å². The number of esters is 1. The number of hydrogen-bond donors (Lipinski definition) is 0. The maximum absolute atomic E-state index is 11.8. The third-order valence-corrected chi connectivity index (χ3v) is 2.29. The van der Waals surface area contributed by atoms with Gasteiger partial charge < -0.3 is 13.9 Å². The molecule has 6 heteroatoms. The number of hydrogen-bond acceptors (Lipinski definition) is 6. The molecule has 0 fully saturated rings. The summed E-state index contributed by atoms with van der Waals surface area (Å²) < 4.78 is 14.8. The summed E-state index contributed by atoms with van der Waals surface area (Å²) in [5.74, 6) is -0.391. The molecule has 0 unspecified atom stereocenters. The second-order valence-electron chi connectivity index (χ2n) is 3.58. The average molecular weight is 266 g/mol. The fourth-order valence-corrected chi connectivity index (χ4v) is 1.50. The van der Waals surface area contributed by atoms with E-state index in [0.29, 0.717) is 6.29 Å². The first-order valence-electron chi connectivity index (χ1n) is 5.50. The van der Waals surface area contributed by atoms with Crippen LogP contribution in [-0.4, -0.2) is 19.4 Å². The fourth-order valence-electron chi connectivity index (χ4n) is 1.50. The van der Waals surface area contributed by atoms with Gasteiger partial charge in [0.1, 0.15) is 23.7 Å². The van der Waals surface area contributed by atoms with Crippen molar-refractivity contribution in [2.45, 2.75) is 20.5 Å². The summed E-state index contributed by atoms with van der Waals surface area (Å²) in [6.07, 6.45) is 3.62. The molecule has 0 amide bonds. The molecule has 6 nitrogen and oxygen atoms in total. The van der Waals surface area contributed by atoms with Crippen LogP contribution in [0.2, 0.25) is 0 Å². The van der Waals surface area contributed by atoms with Crippen molar-refractivity contribution in [1.82, 2.24) is 0 Å². The van der Waals surface area contributed by atoms with Crippen molar-refractivity contribution in [3.63, 3.8) is 0 Å². The Morgan fingerprint density at radius 2 is 2.11 bits per heavy atom. The molecule has 0 N–H and O–H groups in total. The van der Waals surface area contributed by atoms with Gasteiger partial charge in [0.15, 0.2) is 6.29 Å². The highest BCUT2D eigenvalue weighted by atomic mass is 16.5. The van der Waals surface area contributed by atoms with Crippen molar-refractivity contribution >= 4 is 18.3 Å². The average Bonchev–Trinajstić information content (AvgIpc) is 2.36. The highest BCUT2D eigenvalue weighted by molar-refractivity contribution is 5.84. The van der Waals surface area contributed by atoms with E-state index in [4.69, 9.17) is 13.9 Å². The first-order valence-corrected chi connectivity index (χ1v) is 5.50. The predicted molar refractivity (Wildman–Crippen MR) is 67.1 cm³/mol. The number of allylic oxidation sites excluding steroid dienone is 1. The standard InChI is InChI=1S/C13H14O6/c1-4-5-11-9(6-14)12(17-3)10(13(16)19-11)7-18-8(2)15/h4-6H,7H2,1-3H3. The van der Waals surface area contributed by atoms with E-state index in [0.717, 1.165) is 0 Å². The summed E-state index contributed by atoms with van der Waals surface area (Å²) in [5.41, 5.74) is -0.618. The third kappa shape index (κ3) is 3.31. The lowest BCUT2D eigenvalue weighted by atomic mass is 10.1. The molecule has 1 aromatic heterocycles. The molecular formula is C13H14O6. The Morgan fingerprint density at radius 3 is 2.58 bits per heavy atom. The van der Waals surface area contributed by atoms with Gasteiger partial charge in [-0.2, -0.15) is 0 Å². The van der Waals surface area contributed by atoms with Gasteiger partial charge in [-0.3, -0.25) is 9.59 Å². The van der Waals surface area contributed by atoms with E-state index >= 15 is 0 Å². The molecule has 0 saturated carbocycles. The second kappa shape index (κ2) is 6.53. The lowest BCUT2D eigenvalue weighted by Gasteiger charge is -2.10. The van der Waals surface area contributed by atoms with Crippen molar-refractivity contribution in [2.24, 2.45) is 0 Å². The third-order valence-electron chi connectivity index (χ3n) is 2.29. The molecule has 1 heterocycles. The summed E-state index contributed by atoms with van der Waals surface area (Å²) in [7, 11) is 1.32. The van der Waals surface area contributed by atoms with E-state index in [1.807, 2.05) is 0 Å². The molecule has 0 spiro atoms. The minimum atomic E-state index is -0.711. The summed E-state index contributed by atoms with van der Waals surface area (Å²) in [6.45, 7) is 2.62. The normalized spacial score (nSPS) is 10.5. The number of ether oxygens (including phenoxy) is 2. The summed E-state index contributed by atoms with van der Waals surface area (Å²) in [6, 6.07) is 0. The molecule has 0 aromatic carbocycles. The molecule has 0 aliphatic carbocycles. The Morgan fingerprint density at radius 1 is 1.42 bits per heavy atom. The number of rotatable bonds is 5. The van der Waals surface area contributed by atoms with Crippen LogP contribution in [0.1, 0.15) is 35.5 Å². The van der Waals surface area contributed by atoms with Gasteiger partial charge in [-0.15, -0.1) is 0 Å². The van der Waals surface area contributed by atoms with Crippen molar-refractivity contribution in [1.29, 1.82) is 0 Å². The van der Waals surface area contributed by atoms with Gasteiger partial charge in [0.05, 0.1) is 12.7 Å². The number of carbonyl (C=O) groups excluding carboxylic acids is 2. The van der Waals surface area contributed by atoms with Gasteiger partial charge in [0, 0.05) is 6.92 Å². The molecule has 19 heavy (non-hydrogen) atoms. The van der Waals surface area contributed by atoms with Crippen molar-refractivity contribution in [3.05, 3.63) is 33.4 Å². The highest BCUT2D eigenvalue weighted by Gasteiger charge is 2.19. The number of methoxy groups -OCH3 is 1. The minimum Gasteiger partial charge on any atom is -0.495 e. The quantitative estimate of drug-likeness (QED) is 0.594.